The molecule has 0 aliphatic heterocycles. The normalized spacial score (nSPS) is 12.5. The maximum absolute atomic E-state index is 12.2. The lowest BCUT2D eigenvalue weighted by atomic mass is 10.1. The molecular formula is C20H20ClN3O4S. The summed E-state index contributed by atoms with van der Waals surface area (Å²) in [6.07, 6.45) is 2.12. The molecule has 29 heavy (non-hydrogen) atoms. The zero-order valence-electron chi connectivity index (χ0n) is 15.6. The maximum atomic E-state index is 12.2. The van der Waals surface area contributed by atoms with E-state index in [9.17, 15) is 13.2 Å². The van der Waals surface area contributed by atoms with Crippen LogP contribution >= 0.6 is 11.6 Å². The fourth-order valence-corrected chi connectivity index (χ4v) is 3.52. The van der Waals surface area contributed by atoms with Crippen LogP contribution in [0.3, 0.4) is 0 Å². The number of aromatic nitrogens is 1. The lowest BCUT2D eigenvalue weighted by Gasteiger charge is -2.14. The molecule has 1 heterocycles. The fraction of sp³-hybridized carbons (Fsp3) is 0.200. The van der Waals surface area contributed by atoms with Gasteiger partial charge in [0, 0.05) is 18.4 Å². The first-order chi connectivity index (χ1) is 13.7. The minimum absolute atomic E-state index is 0.0259. The summed E-state index contributed by atoms with van der Waals surface area (Å²) in [7, 11) is -3.74. The molecular weight excluding hydrogens is 414 g/mol. The summed E-state index contributed by atoms with van der Waals surface area (Å²) in [4.78, 5) is 16.5. The number of nitrogens with zero attached hydrogens (tertiary/aromatic N) is 1. The SMILES string of the molecule is CC(NC(=O)CCc1ncc(-c2ccccc2Cl)o1)c1ccc(S(N)(=O)=O)cc1. The number of nitrogens with two attached hydrogens (primary N) is 1. The number of carbonyl (C=O) groups is 1. The smallest absolute Gasteiger partial charge is 0.238 e. The van der Waals surface area contributed by atoms with Crippen molar-refractivity contribution in [3.05, 3.63) is 71.2 Å². The van der Waals surface area contributed by atoms with Crippen molar-refractivity contribution >= 4 is 27.5 Å². The molecule has 1 atom stereocenters. The van der Waals surface area contributed by atoms with E-state index in [1.54, 1.807) is 24.4 Å². The van der Waals surface area contributed by atoms with Gasteiger partial charge < -0.3 is 9.73 Å². The van der Waals surface area contributed by atoms with E-state index in [-0.39, 0.29) is 23.3 Å². The third-order valence-corrected chi connectivity index (χ3v) is 5.60. The summed E-state index contributed by atoms with van der Waals surface area (Å²) >= 11 is 6.15. The quantitative estimate of drug-likeness (QED) is 0.592. The predicted octanol–water partition coefficient (Wildman–Crippen LogP) is 3.45. The number of sulfonamides is 1. The summed E-state index contributed by atoms with van der Waals surface area (Å²) in [6, 6.07) is 13.1. The third-order valence-electron chi connectivity index (χ3n) is 4.34. The summed E-state index contributed by atoms with van der Waals surface area (Å²) in [6.45, 7) is 1.81. The van der Waals surface area contributed by atoms with Crippen molar-refractivity contribution in [1.29, 1.82) is 0 Å². The number of aryl methyl sites for hydroxylation is 1. The minimum atomic E-state index is -3.74. The Bertz CT molecular complexity index is 1110. The van der Waals surface area contributed by atoms with Gasteiger partial charge in [0.1, 0.15) is 0 Å². The van der Waals surface area contributed by atoms with Crippen molar-refractivity contribution in [2.24, 2.45) is 5.14 Å². The van der Waals surface area contributed by atoms with Gasteiger partial charge in [-0.25, -0.2) is 18.5 Å². The Morgan fingerprint density at radius 3 is 2.55 bits per heavy atom. The van der Waals surface area contributed by atoms with Crippen LogP contribution in [0.4, 0.5) is 0 Å². The molecule has 152 valence electrons. The van der Waals surface area contributed by atoms with Crippen molar-refractivity contribution in [2.45, 2.75) is 30.7 Å². The molecule has 0 radical (unpaired) electrons. The third kappa shape index (κ3) is 5.44. The monoisotopic (exact) mass is 433 g/mol. The number of benzene rings is 2. The number of halogens is 1. The zero-order valence-corrected chi connectivity index (χ0v) is 17.2. The van der Waals surface area contributed by atoms with E-state index < -0.39 is 10.0 Å². The van der Waals surface area contributed by atoms with Gasteiger partial charge in [0.15, 0.2) is 11.7 Å². The van der Waals surface area contributed by atoms with Gasteiger partial charge in [-0.1, -0.05) is 35.9 Å². The fourth-order valence-electron chi connectivity index (χ4n) is 2.78. The number of amides is 1. The van der Waals surface area contributed by atoms with Crippen LogP contribution < -0.4 is 10.5 Å². The van der Waals surface area contributed by atoms with Gasteiger partial charge in [-0.3, -0.25) is 4.79 Å². The zero-order chi connectivity index (χ0) is 21.0. The van der Waals surface area contributed by atoms with E-state index in [2.05, 4.69) is 10.3 Å². The van der Waals surface area contributed by atoms with E-state index in [1.807, 2.05) is 25.1 Å². The first-order valence-corrected chi connectivity index (χ1v) is 10.8. The molecule has 0 aliphatic rings. The minimum Gasteiger partial charge on any atom is -0.441 e. The Hall–Kier alpha value is -2.68. The maximum Gasteiger partial charge on any atom is 0.238 e. The number of rotatable bonds is 7. The van der Waals surface area contributed by atoms with Gasteiger partial charge in [-0.2, -0.15) is 0 Å². The standard InChI is InChI=1S/C20H20ClN3O4S/c1-13(14-6-8-15(9-7-14)29(22,26)27)24-19(25)10-11-20-23-12-18(28-20)16-4-2-3-5-17(16)21/h2-9,12-13H,10-11H2,1H3,(H,24,25)(H2,22,26,27). The van der Waals surface area contributed by atoms with E-state index >= 15 is 0 Å². The Labute approximate surface area is 173 Å². The molecule has 7 nitrogen and oxygen atoms in total. The average molecular weight is 434 g/mol. The van der Waals surface area contributed by atoms with Gasteiger partial charge in [-0.15, -0.1) is 0 Å². The summed E-state index contributed by atoms with van der Waals surface area (Å²) in [5.74, 6) is 0.820. The van der Waals surface area contributed by atoms with Gasteiger partial charge in [0.2, 0.25) is 15.9 Å². The molecule has 1 aromatic heterocycles. The topological polar surface area (TPSA) is 115 Å². The van der Waals surface area contributed by atoms with Gasteiger partial charge >= 0.3 is 0 Å². The second kappa shape index (κ2) is 8.77. The lowest BCUT2D eigenvalue weighted by Crippen LogP contribution is -2.26. The Morgan fingerprint density at radius 1 is 1.21 bits per heavy atom. The number of carbonyl (C=O) groups excluding carboxylic acids is 1. The van der Waals surface area contributed by atoms with Crippen molar-refractivity contribution in [3.8, 4) is 11.3 Å². The number of hydrogen-bond acceptors (Lipinski definition) is 5. The highest BCUT2D eigenvalue weighted by Gasteiger charge is 2.14. The molecule has 3 rings (SSSR count). The molecule has 0 fully saturated rings. The van der Waals surface area contributed by atoms with Crippen LogP contribution in [-0.4, -0.2) is 19.3 Å². The molecule has 0 saturated heterocycles. The van der Waals surface area contributed by atoms with Gasteiger partial charge in [-0.05, 0) is 36.8 Å². The van der Waals surface area contributed by atoms with Gasteiger partial charge in [0.25, 0.3) is 0 Å². The van der Waals surface area contributed by atoms with E-state index in [1.165, 1.54) is 12.1 Å². The van der Waals surface area contributed by atoms with Crippen LogP contribution in [0.1, 0.15) is 30.8 Å². The van der Waals surface area contributed by atoms with E-state index in [4.69, 9.17) is 21.2 Å². The average Bonchev–Trinajstić information content (AvgIpc) is 3.15. The summed E-state index contributed by atoms with van der Waals surface area (Å²) in [5.41, 5.74) is 1.51. The number of primary sulfonamides is 1. The largest absolute Gasteiger partial charge is 0.441 e. The molecule has 1 amide bonds. The molecule has 9 heteroatoms. The molecule has 3 N–H and O–H groups in total. The number of oxazole rings is 1. The van der Waals surface area contributed by atoms with E-state index in [0.29, 0.717) is 23.1 Å². The van der Waals surface area contributed by atoms with Crippen LogP contribution in [0.25, 0.3) is 11.3 Å². The molecule has 3 aromatic rings. The first kappa shape index (κ1) is 21.0. The first-order valence-electron chi connectivity index (χ1n) is 8.86. The Balaban J connectivity index is 1.55. The second-order valence-corrected chi connectivity index (χ2v) is 8.47. The van der Waals surface area contributed by atoms with Crippen molar-refractivity contribution in [3.63, 3.8) is 0 Å². The highest BCUT2D eigenvalue weighted by Crippen LogP contribution is 2.28. The van der Waals surface area contributed by atoms with Crippen molar-refractivity contribution < 1.29 is 17.6 Å². The van der Waals surface area contributed by atoms with Crippen LogP contribution in [0, 0.1) is 0 Å². The molecule has 0 bridgehead atoms. The van der Waals surface area contributed by atoms with Crippen LogP contribution in [0.2, 0.25) is 5.02 Å². The Kier molecular flexibility index (Phi) is 6.36. The summed E-state index contributed by atoms with van der Waals surface area (Å²) in [5, 5.41) is 8.51. The van der Waals surface area contributed by atoms with Crippen molar-refractivity contribution in [2.75, 3.05) is 0 Å². The second-order valence-electron chi connectivity index (χ2n) is 6.50. The molecule has 2 aromatic carbocycles. The van der Waals surface area contributed by atoms with E-state index in [0.717, 1.165) is 11.1 Å². The number of hydrogen-bond donors (Lipinski definition) is 2. The van der Waals surface area contributed by atoms with Crippen LogP contribution in [0.15, 0.2) is 64.0 Å². The highest BCUT2D eigenvalue weighted by molar-refractivity contribution is 7.89. The van der Waals surface area contributed by atoms with Crippen LogP contribution in [-0.2, 0) is 21.2 Å². The highest BCUT2D eigenvalue weighted by atomic mass is 35.5. The molecule has 0 saturated carbocycles. The predicted molar refractivity (Wildman–Crippen MR) is 110 cm³/mol. The van der Waals surface area contributed by atoms with Crippen molar-refractivity contribution in [1.82, 2.24) is 10.3 Å². The molecule has 0 spiro atoms. The Morgan fingerprint density at radius 2 is 1.90 bits per heavy atom. The lowest BCUT2D eigenvalue weighted by molar-refractivity contribution is -0.121. The molecule has 0 aliphatic carbocycles. The number of nitrogens with one attached hydrogen (secondary N) is 1. The van der Waals surface area contributed by atoms with Crippen LogP contribution in [0.5, 0.6) is 0 Å². The van der Waals surface area contributed by atoms with Gasteiger partial charge in [0.05, 0.1) is 22.2 Å². The molecule has 1 unspecified atom stereocenters. The summed E-state index contributed by atoms with van der Waals surface area (Å²) < 4.78 is 28.3.